The predicted molar refractivity (Wildman–Crippen MR) is 62.8 cm³/mol. The Bertz CT molecular complexity index is 361. The lowest BCUT2D eigenvalue weighted by Crippen LogP contribution is -2.40. The van der Waals surface area contributed by atoms with E-state index in [1.807, 2.05) is 0 Å². The molecule has 90 valence electrons. The molecule has 3 N–H and O–H groups in total. The van der Waals surface area contributed by atoms with Gasteiger partial charge >= 0.3 is 0 Å². The lowest BCUT2D eigenvalue weighted by Gasteiger charge is -2.29. The first-order valence-electron chi connectivity index (χ1n) is 5.14. The van der Waals surface area contributed by atoms with Crippen molar-refractivity contribution in [1.29, 1.82) is 0 Å². The van der Waals surface area contributed by atoms with E-state index in [9.17, 15) is 5.11 Å². The smallest absolute Gasteiger partial charge is 0.128 e. The van der Waals surface area contributed by atoms with Gasteiger partial charge in [-0.1, -0.05) is 0 Å². The normalized spacial score (nSPS) is 16.4. The molecule has 0 aliphatic rings. The third-order valence-corrected chi connectivity index (χ3v) is 2.84. The van der Waals surface area contributed by atoms with Crippen LogP contribution < -0.4 is 15.2 Å². The van der Waals surface area contributed by atoms with E-state index in [0.717, 1.165) is 0 Å². The minimum absolute atomic E-state index is 0.394. The van der Waals surface area contributed by atoms with Gasteiger partial charge in [0.15, 0.2) is 0 Å². The Morgan fingerprint density at radius 3 is 2.38 bits per heavy atom. The van der Waals surface area contributed by atoms with Crippen molar-refractivity contribution in [3.8, 4) is 11.5 Å². The summed E-state index contributed by atoms with van der Waals surface area (Å²) >= 11 is 0. The maximum atomic E-state index is 10.3. The van der Waals surface area contributed by atoms with E-state index in [1.165, 1.54) is 0 Å². The number of methoxy groups -OCH3 is 2. The second-order valence-corrected chi connectivity index (χ2v) is 4.00. The van der Waals surface area contributed by atoms with Crippen LogP contribution in [0.2, 0.25) is 0 Å². The number of benzene rings is 1. The molecule has 0 aliphatic carbocycles. The van der Waals surface area contributed by atoms with Crippen LogP contribution in [0.25, 0.3) is 0 Å². The maximum Gasteiger partial charge on any atom is 0.128 e. The molecule has 4 heteroatoms. The average Bonchev–Trinajstić information content (AvgIpc) is 2.27. The topological polar surface area (TPSA) is 64.7 Å². The van der Waals surface area contributed by atoms with Crippen LogP contribution in [0.5, 0.6) is 11.5 Å². The Kier molecular flexibility index (Phi) is 3.78. The van der Waals surface area contributed by atoms with Gasteiger partial charge in [0, 0.05) is 17.7 Å². The Hall–Kier alpha value is -1.26. The first-order chi connectivity index (χ1) is 7.43. The molecule has 0 heterocycles. The Labute approximate surface area is 96.0 Å². The molecule has 0 amide bonds. The molecular weight excluding hydrogens is 206 g/mol. The van der Waals surface area contributed by atoms with Crippen LogP contribution in [-0.2, 0) is 5.60 Å². The zero-order valence-electron chi connectivity index (χ0n) is 10.2. The number of aliphatic hydroxyl groups is 1. The van der Waals surface area contributed by atoms with Crippen molar-refractivity contribution in [1.82, 2.24) is 0 Å². The second-order valence-electron chi connectivity index (χ2n) is 4.00. The third-order valence-electron chi connectivity index (χ3n) is 2.84. The van der Waals surface area contributed by atoms with Crippen LogP contribution in [0, 0.1) is 0 Å². The van der Waals surface area contributed by atoms with Gasteiger partial charge in [0.2, 0.25) is 0 Å². The molecular formula is C12H19NO3. The first-order valence-corrected chi connectivity index (χ1v) is 5.14. The Morgan fingerprint density at radius 1 is 1.31 bits per heavy atom. The van der Waals surface area contributed by atoms with Crippen LogP contribution in [0.1, 0.15) is 19.4 Å². The largest absolute Gasteiger partial charge is 0.497 e. The van der Waals surface area contributed by atoms with Gasteiger partial charge in [0.1, 0.15) is 17.1 Å². The van der Waals surface area contributed by atoms with Crippen LogP contribution in [0.4, 0.5) is 0 Å². The molecule has 2 unspecified atom stereocenters. The highest BCUT2D eigenvalue weighted by Gasteiger charge is 2.31. The summed E-state index contributed by atoms with van der Waals surface area (Å²) in [5.41, 5.74) is 5.29. The summed E-state index contributed by atoms with van der Waals surface area (Å²) < 4.78 is 10.3. The molecule has 0 radical (unpaired) electrons. The SMILES string of the molecule is COc1ccc(C(C)(O)C(C)N)c(OC)c1. The Morgan fingerprint density at radius 2 is 1.94 bits per heavy atom. The van der Waals surface area contributed by atoms with Gasteiger partial charge in [0.05, 0.1) is 14.2 Å². The molecule has 0 spiro atoms. The van der Waals surface area contributed by atoms with Crippen LogP contribution in [0.3, 0.4) is 0 Å². The number of nitrogens with two attached hydrogens (primary N) is 1. The lowest BCUT2D eigenvalue weighted by molar-refractivity contribution is 0.0325. The van der Waals surface area contributed by atoms with Crippen LogP contribution in [-0.4, -0.2) is 25.4 Å². The minimum Gasteiger partial charge on any atom is -0.497 e. The molecule has 0 bridgehead atoms. The molecule has 16 heavy (non-hydrogen) atoms. The van der Waals surface area contributed by atoms with Gasteiger partial charge in [-0.25, -0.2) is 0 Å². The first kappa shape index (κ1) is 12.8. The summed E-state index contributed by atoms with van der Waals surface area (Å²) in [7, 11) is 3.13. The van der Waals surface area contributed by atoms with E-state index >= 15 is 0 Å². The number of rotatable bonds is 4. The highest BCUT2D eigenvalue weighted by Crippen LogP contribution is 2.34. The fourth-order valence-electron chi connectivity index (χ4n) is 1.46. The van der Waals surface area contributed by atoms with Crippen molar-refractivity contribution in [2.24, 2.45) is 5.73 Å². The molecule has 1 aromatic carbocycles. The van der Waals surface area contributed by atoms with Crippen molar-refractivity contribution in [3.05, 3.63) is 23.8 Å². The highest BCUT2D eigenvalue weighted by atomic mass is 16.5. The van der Waals surface area contributed by atoms with Crippen molar-refractivity contribution in [3.63, 3.8) is 0 Å². The summed E-state index contributed by atoms with van der Waals surface area (Å²) in [4.78, 5) is 0. The van der Waals surface area contributed by atoms with Gasteiger partial charge in [0.25, 0.3) is 0 Å². The molecule has 0 fully saturated rings. The van der Waals surface area contributed by atoms with E-state index in [1.54, 1.807) is 46.3 Å². The zero-order chi connectivity index (χ0) is 12.3. The fraction of sp³-hybridized carbons (Fsp3) is 0.500. The molecule has 0 saturated carbocycles. The van der Waals surface area contributed by atoms with Gasteiger partial charge in [-0.2, -0.15) is 0 Å². The number of ether oxygens (including phenoxy) is 2. The summed E-state index contributed by atoms with van der Waals surface area (Å²) in [6.45, 7) is 3.42. The maximum absolute atomic E-state index is 10.3. The van der Waals surface area contributed by atoms with Crippen molar-refractivity contribution >= 4 is 0 Å². The standard InChI is InChI=1S/C12H19NO3/c1-8(13)12(2,14)10-6-5-9(15-3)7-11(10)16-4/h5-8,14H,13H2,1-4H3. The molecule has 2 atom stereocenters. The molecule has 4 nitrogen and oxygen atoms in total. The monoisotopic (exact) mass is 225 g/mol. The highest BCUT2D eigenvalue weighted by molar-refractivity contribution is 5.44. The van der Waals surface area contributed by atoms with Crippen LogP contribution in [0.15, 0.2) is 18.2 Å². The quantitative estimate of drug-likeness (QED) is 0.809. The minimum atomic E-state index is -1.13. The average molecular weight is 225 g/mol. The van der Waals surface area contributed by atoms with Gasteiger partial charge in [-0.05, 0) is 26.0 Å². The van der Waals surface area contributed by atoms with E-state index in [2.05, 4.69) is 0 Å². The lowest BCUT2D eigenvalue weighted by atomic mass is 9.89. The Balaban J connectivity index is 3.23. The predicted octanol–water partition coefficient (Wildman–Crippen LogP) is 1.26. The van der Waals surface area contributed by atoms with Gasteiger partial charge in [-0.3, -0.25) is 0 Å². The third kappa shape index (κ3) is 2.28. The van der Waals surface area contributed by atoms with E-state index in [0.29, 0.717) is 17.1 Å². The van der Waals surface area contributed by atoms with E-state index in [-0.39, 0.29) is 0 Å². The van der Waals surface area contributed by atoms with E-state index in [4.69, 9.17) is 15.2 Å². The molecule has 1 rings (SSSR count). The molecule has 0 aliphatic heterocycles. The summed E-state index contributed by atoms with van der Waals surface area (Å²) in [5.74, 6) is 1.25. The summed E-state index contributed by atoms with van der Waals surface area (Å²) in [6.07, 6.45) is 0. The summed E-state index contributed by atoms with van der Waals surface area (Å²) in [5, 5.41) is 10.3. The van der Waals surface area contributed by atoms with Gasteiger partial charge in [-0.15, -0.1) is 0 Å². The van der Waals surface area contributed by atoms with Gasteiger partial charge < -0.3 is 20.3 Å². The van der Waals surface area contributed by atoms with Crippen molar-refractivity contribution in [2.75, 3.05) is 14.2 Å². The fourth-order valence-corrected chi connectivity index (χ4v) is 1.46. The second kappa shape index (κ2) is 4.72. The van der Waals surface area contributed by atoms with E-state index < -0.39 is 11.6 Å². The summed E-state index contributed by atoms with van der Waals surface area (Å²) in [6, 6.07) is 4.87. The molecule has 0 aromatic heterocycles. The van der Waals surface area contributed by atoms with Crippen molar-refractivity contribution in [2.45, 2.75) is 25.5 Å². The molecule has 1 aromatic rings. The van der Waals surface area contributed by atoms with Crippen LogP contribution >= 0.6 is 0 Å². The zero-order valence-corrected chi connectivity index (χ0v) is 10.2. The molecule has 0 saturated heterocycles. The number of hydrogen-bond acceptors (Lipinski definition) is 4. The number of hydrogen-bond donors (Lipinski definition) is 2. The van der Waals surface area contributed by atoms with Crippen molar-refractivity contribution < 1.29 is 14.6 Å².